The first kappa shape index (κ1) is 19.2. The summed E-state index contributed by atoms with van der Waals surface area (Å²) in [7, 11) is -3.62. The number of benzene rings is 1. The minimum Gasteiger partial charge on any atom is -0.309 e. The lowest BCUT2D eigenvalue weighted by Crippen LogP contribution is -2.40. The zero-order valence-corrected chi connectivity index (χ0v) is 16.3. The van der Waals surface area contributed by atoms with Crippen LogP contribution >= 0.6 is 0 Å². The summed E-state index contributed by atoms with van der Waals surface area (Å²) in [6, 6.07) is 8.20. The van der Waals surface area contributed by atoms with Crippen molar-refractivity contribution in [3.8, 4) is 0 Å². The maximum atomic E-state index is 13.2. The van der Waals surface area contributed by atoms with Crippen LogP contribution < -0.4 is 5.43 Å². The second-order valence-corrected chi connectivity index (χ2v) is 9.64. The Bertz CT molecular complexity index is 970. The molecule has 142 valence electrons. The topological polar surface area (TPSA) is 107 Å². The first-order valence-electron chi connectivity index (χ1n) is 8.86. The van der Waals surface area contributed by atoms with Crippen molar-refractivity contribution in [3.63, 3.8) is 0 Å². The molecule has 0 bridgehead atoms. The van der Waals surface area contributed by atoms with Gasteiger partial charge >= 0.3 is 0 Å². The maximum absolute atomic E-state index is 13.2. The van der Waals surface area contributed by atoms with E-state index >= 15 is 0 Å². The molecule has 1 atom stereocenters. The summed E-state index contributed by atoms with van der Waals surface area (Å²) < 4.78 is 25.3. The number of allylic oxidation sites excluding steroid dienone is 1. The summed E-state index contributed by atoms with van der Waals surface area (Å²) in [5.74, 6) is 0. The van der Waals surface area contributed by atoms with Crippen molar-refractivity contribution >= 4 is 14.9 Å². The fourth-order valence-electron chi connectivity index (χ4n) is 3.53. The molecule has 1 heterocycles. The Kier molecular flexibility index (Phi) is 5.39. The van der Waals surface area contributed by atoms with E-state index in [0.717, 1.165) is 16.7 Å². The maximum Gasteiger partial charge on any atom is 0.202 e. The molecule has 0 saturated heterocycles. The lowest BCUT2D eigenvalue weighted by Gasteiger charge is -2.31. The van der Waals surface area contributed by atoms with E-state index in [9.17, 15) is 8.42 Å². The molecule has 0 fully saturated rings. The van der Waals surface area contributed by atoms with Gasteiger partial charge in [0.25, 0.3) is 0 Å². The molecule has 1 N–H and O–H groups in total. The monoisotopic (exact) mass is 385 g/mol. The number of nitrogens with one attached hydrogen (secondary N) is 1. The summed E-state index contributed by atoms with van der Waals surface area (Å²) in [6.07, 6.45) is 5.12. The second kappa shape index (κ2) is 7.58. The minimum atomic E-state index is -3.62. The molecule has 27 heavy (non-hydrogen) atoms. The molecular formula is C19H23N5O2S. The Morgan fingerprint density at radius 2 is 2.07 bits per heavy atom. The first-order valence-corrected chi connectivity index (χ1v) is 10.3. The van der Waals surface area contributed by atoms with Crippen molar-refractivity contribution in [3.05, 3.63) is 69.1 Å². The molecule has 1 aromatic rings. The lowest BCUT2D eigenvalue weighted by atomic mass is 9.87. The van der Waals surface area contributed by atoms with Crippen LogP contribution in [0.15, 0.2) is 57.8 Å². The number of aryl methyl sites for hydroxylation is 1. The van der Waals surface area contributed by atoms with Gasteiger partial charge in [-0.2, -0.15) is 5.10 Å². The van der Waals surface area contributed by atoms with E-state index in [1.54, 1.807) is 13.0 Å². The van der Waals surface area contributed by atoms with Gasteiger partial charge in [0, 0.05) is 17.9 Å². The number of hydrogen-bond donors (Lipinski definition) is 1. The number of hydrogen-bond acceptors (Lipinski definition) is 5. The van der Waals surface area contributed by atoms with Gasteiger partial charge < -0.3 is 5.43 Å². The van der Waals surface area contributed by atoms with Crippen molar-refractivity contribution in [2.75, 3.05) is 13.1 Å². The van der Waals surface area contributed by atoms with Crippen LogP contribution in [0.4, 0.5) is 0 Å². The highest BCUT2D eigenvalue weighted by molar-refractivity contribution is 8.07. The van der Waals surface area contributed by atoms with E-state index < -0.39 is 14.6 Å². The van der Waals surface area contributed by atoms with E-state index in [1.807, 2.05) is 25.1 Å². The summed E-state index contributed by atoms with van der Waals surface area (Å²) in [6.45, 7) is 4.42. The van der Waals surface area contributed by atoms with Gasteiger partial charge in [0.15, 0.2) is 5.04 Å². The number of rotatable bonds is 5. The van der Waals surface area contributed by atoms with Gasteiger partial charge in [-0.05, 0) is 43.4 Å². The smallest absolute Gasteiger partial charge is 0.202 e. The highest BCUT2D eigenvalue weighted by atomic mass is 32.2. The van der Waals surface area contributed by atoms with Gasteiger partial charge in [0.2, 0.25) is 9.84 Å². The van der Waals surface area contributed by atoms with Crippen molar-refractivity contribution in [2.45, 2.75) is 37.9 Å². The number of sulfone groups is 1. The standard InChI is InChI=1S/C19H23N5O2S/c1-14-3-5-15(6-4-14)9-16-10-17(13-22-24-20)12-19(2,11-16)27(25,26)18-7-8-21-23-18/h3-6,10,12,21H,7-9,11,13H2,1-2H3. The predicted octanol–water partition coefficient (Wildman–Crippen LogP) is 3.58. The van der Waals surface area contributed by atoms with Crippen molar-refractivity contribution < 1.29 is 8.42 Å². The average molecular weight is 385 g/mol. The van der Waals surface area contributed by atoms with Crippen molar-refractivity contribution in [1.82, 2.24) is 5.43 Å². The third-order valence-electron chi connectivity index (χ3n) is 4.91. The molecule has 0 radical (unpaired) electrons. The fraction of sp³-hybridized carbons (Fsp3) is 0.421. The van der Waals surface area contributed by atoms with E-state index in [1.165, 1.54) is 5.56 Å². The van der Waals surface area contributed by atoms with Crippen LogP contribution in [-0.2, 0) is 16.3 Å². The Morgan fingerprint density at radius 3 is 2.70 bits per heavy atom. The molecule has 1 aliphatic carbocycles. The molecule has 2 aliphatic rings. The molecular weight excluding hydrogens is 362 g/mol. The molecule has 1 aromatic carbocycles. The summed E-state index contributed by atoms with van der Waals surface area (Å²) in [5.41, 5.74) is 15.4. The van der Waals surface area contributed by atoms with Gasteiger partial charge in [-0.3, -0.25) is 0 Å². The van der Waals surface area contributed by atoms with E-state index in [4.69, 9.17) is 5.53 Å². The zero-order chi connectivity index (χ0) is 19.5. The highest BCUT2D eigenvalue weighted by Gasteiger charge is 2.43. The van der Waals surface area contributed by atoms with E-state index in [2.05, 4.69) is 32.7 Å². The molecule has 3 rings (SSSR count). The Hall–Kier alpha value is -2.57. The number of hydrazone groups is 1. The quantitative estimate of drug-likeness (QED) is 0.475. The van der Waals surface area contributed by atoms with Crippen LogP contribution in [0, 0.1) is 6.92 Å². The molecule has 0 amide bonds. The highest BCUT2D eigenvalue weighted by Crippen LogP contribution is 2.36. The number of azide groups is 1. The normalized spacial score (nSPS) is 22.2. The third kappa shape index (κ3) is 4.07. The minimum absolute atomic E-state index is 0.129. The van der Waals surface area contributed by atoms with Crippen molar-refractivity contribution in [1.29, 1.82) is 0 Å². The van der Waals surface area contributed by atoms with Crippen LogP contribution in [-0.4, -0.2) is 31.3 Å². The predicted molar refractivity (Wildman–Crippen MR) is 107 cm³/mol. The molecule has 1 aliphatic heterocycles. The van der Waals surface area contributed by atoms with Gasteiger partial charge in [-0.15, -0.1) is 0 Å². The van der Waals surface area contributed by atoms with Crippen LogP contribution in [0.3, 0.4) is 0 Å². The Morgan fingerprint density at radius 1 is 1.33 bits per heavy atom. The molecule has 8 heteroatoms. The Labute approximate surface area is 159 Å². The summed E-state index contributed by atoms with van der Waals surface area (Å²) >= 11 is 0. The van der Waals surface area contributed by atoms with Crippen molar-refractivity contribution in [2.24, 2.45) is 10.2 Å². The number of nitrogens with zero attached hydrogens (tertiary/aromatic N) is 4. The molecule has 1 unspecified atom stereocenters. The van der Waals surface area contributed by atoms with Crippen LogP contribution in [0.25, 0.3) is 10.4 Å². The molecule has 7 nitrogen and oxygen atoms in total. The lowest BCUT2D eigenvalue weighted by molar-refractivity contribution is 0.568. The fourth-order valence-corrected chi connectivity index (χ4v) is 5.31. The third-order valence-corrected chi connectivity index (χ3v) is 7.31. The first-order chi connectivity index (χ1) is 12.8. The molecule has 0 spiro atoms. The van der Waals surface area contributed by atoms with E-state index in [0.29, 0.717) is 25.8 Å². The summed E-state index contributed by atoms with van der Waals surface area (Å²) in [5, 5.41) is 7.80. The average Bonchev–Trinajstić information content (AvgIpc) is 3.17. The van der Waals surface area contributed by atoms with Gasteiger partial charge in [-0.1, -0.05) is 52.7 Å². The molecule has 0 aromatic heterocycles. The van der Waals surface area contributed by atoms with Crippen LogP contribution in [0.5, 0.6) is 0 Å². The summed E-state index contributed by atoms with van der Waals surface area (Å²) in [4.78, 5) is 2.81. The van der Waals surface area contributed by atoms with Gasteiger partial charge in [-0.25, -0.2) is 8.42 Å². The molecule has 0 saturated carbocycles. The Balaban J connectivity index is 1.95. The second-order valence-electron chi connectivity index (χ2n) is 7.23. The van der Waals surface area contributed by atoms with Gasteiger partial charge in [0.05, 0.1) is 11.3 Å². The van der Waals surface area contributed by atoms with E-state index in [-0.39, 0.29) is 11.6 Å². The van der Waals surface area contributed by atoms with Crippen LogP contribution in [0.1, 0.15) is 30.9 Å². The SMILES string of the molecule is Cc1ccc(CC2=CC(CN=[N+]=[N-])=CC(C)(S(=O)(=O)C3=NNCC3)C2)cc1. The van der Waals surface area contributed by atoms with Gasteiger partial charge in [0.1, 0.15) is 0 Å². The largest absolute Gasteiger partial charge is 0.309 e. The van der Waals surface area contributed by atoms with Crippen LogP contribution in [0.2, 0.25) is 0 Å². The zero-order valence-electron chi connectivity index (χ0n) is 15.5.